The maximum Gasteiger partial charge on any atom is 0.204 e. The lowest BCUT2D eigenvalue weighted by molar-refractivity contribution is 0.634. The molecule has 0 bridgehead atoms. The van der Waals surface area contributed by atoms with Crippen molar-refractivity contribution in [2.24, 2.45) is 5.73 Å². The number of aromatic nitrogens is 2. The number of hydrogen-bond donors (Lipinski definition) is 3. The van der Waals surface area contributed by atoms with Crippen molar-refractivity contribution in [3.8, 4) is 0 Å². The smallest absolute Gasteiger partial charge is 0.204 e. The number of rotatable bonds is 3. The summed E-state index contributed by atoms with van der Waals surface area (Å²) in [5, 5.41) is 3.27. The Bertz CT molecular complexity index is 650. The third kappa shape index (κ3) is 1.95. The van der Waals surface area contributed by atoms with Gasteiger partial charge in [-0.25, -0.2) is 4.98 Å². The molecule has 0 atom stereocenters. The molecule has 2 aromatic rings. The molecule has 1 aromatic carbocycles. The zero-order valence-corrected chi connectivity index (χ0v) is 13.5. The SMILES string of the molecule is NCCNc1nc2c(N)c(Br)c(Br)c3c2n1CCC3. The van der Waals surface area contributed by atoms with Gasteiger partial charge in [0.05, 0.1) is 15.7 Å². The molecule has 1 aliphatic rings. The Morgan fingerprint density at radius 3 is 2.84 bits per heavy atom. The summed E-state index contributed by atoms with van der Waals surface area (Å²) in [5.74, 6) is 0.859. The predicted octanol–water partition coefficient (Wildman–Crippen LogP) is 2.46. The van der Waals surface area contributed by atoms with Crippen LogP contribution in [0, 0.1) is 0 Å². The minimum atomic E-state index is 0.582. The van der Waals surface area contributed by atoms with Crippen LogP contribution in [0.4, 0.5) is 11.6 Å². The molecule has 0 aliphatic carbocycles. The Balaban J connectivity index is 2.29. The number of nitrogen functional groups attached to an aromatic ring is 1. The molecule has 0 fully saturated rings. The molecule has 5 nitrogen and oxygen atoms in total. The normalized spacial score (nSPS) is 14.1. The highest BCUT2D eigenvalue weighted by atomic mass is 79.9. The predicted molar refractivity (Wildman–Crippen MR) is 85.4 cm³/mol. The average Bonchev–Trinajstić information content (AvgIpc) is 2.80. The summed E-state index contributed by atoms with van der Waals surface area (Å²) in [5.41, 5.74) is 15.7. The van der Waals surface area contributed by atoms with Crippen LogP contribution >= 0.6 is 31.9 Å². The van der Waals surface area contributed by atoms with Crippen LogP contribution in [-0.4, -0.2) is 22.6 Å². The Morgan fingerprint density at radius 1 is 1.32 bits per heavy atom. The van der Waals surface area contributed by atoms with Gasteiger partial charge < -0.3 is 21.4 Å². The monoisotopic (exact) mass is 387 g/mol. The largest absolute Gasteiger partial charge is 0.396 e. The number of hydrogen-bond acceptors (Lipinski definition) is 4. The van der Waals surface area contributed by atoms with E-state index in [0.29, 0.717) is 18.8 Å². The van der Waals surface area contributed by atoms with Crippen LogP contribution in [0.15, 0.2) is 8.95 Å². The van der Waals surface area contributed by atoms with Gasteiger partial charge in [-0.2, -0.15) is 0 Å². The number of nitrogens with zero attached hydrogens (tertiary/aromatic N) is 2. The van der Waals surface area contributed by atoms with Gasteiger partial charge in [0, 0.05) is 24.1 Å². The van der Waals surface area contributed by atoms with Gasteiger partial charge in [-0.1, -0.05) is 0 Å². The molecule has 1 aliphatic heterocycles. The van der Waals surface area contributed by atoms with Crippen molar-refractivity contribution in [2.75, 3.05) is 24.1 Å². The van der Waals surface area contributed by atoms with Crippen molar-refractivity contribution in [3.05, 3.63) is 14.5 Å². The first kappa shape index (κ1) is 13.2. The molecule has 0 amide bonds. The van der Waals surface area contributed by atoms with Gasteiger partial charge in [0.15, 0.2) is 0 Å². The lowest BCUT2D eigenvalue weighted by Gasteiger charge is -2.19. The molecule has 5 N–H and O–H groups in total. The third-order valence-electron chi connectivity index (χ3n) is 3.44. The summed E-state index contributed by atoms with van der Waals surface area (Å²) >= 11 is 7.17. The van der Waals surface area contributed by atoms with Crippen LogP contribution in [0.5, 0.6) is 0 Å². The molecule has 0 radical (unpaired) electrons. The average molecular weight is 389 g/mol. The van der Waals surface area contributed by atoms with Crippen molar-refractivity contribution in [1.29, 1.82) is 0 Å². The lowest BCUT2D eigenvalue weighted by Crippen LogP contribution is -2.17. The lowest BCUT2D eigenvalue weighted by atomic mass is 10.0. The summed E-state index contributed by atoms with van der Waals surface area (Å²) in [6, 6.07) is 0. The van der Waals surface area contributed by atoms with Crippen LogP contribution in [0.25, 0.3) is 11.0 Å². The summed E-state index contributed by atoms with van der Waals surface area (Å²) in [4.78, 5) is 4.64. The van der Waals surface area contributed by atoms with E-state index in [1.165, 1.54) is 5.56 Å². The first-order valence-corrected chi connectivity index (χ1v) is 7.83. The molecule has 3 rings (SSSR count). The Morgan fingerprint density at radius 2 is 2.11 bits per heavy atom. The minimum absolute atomic E-state index is 0.582. The Labute approximate surface area is 128 Å². The summed E-state index contributed by atoms with van der Waals surface area (Å²) in [7, 11) is 0. The number of nitrogens with two attached hydrogens (primary N) is 2. The van der Waals surface area contributed by atoms with Crippen molar-refractivity contribution in [1.82, 2.24) is 9.55 Å². The second-order valence-electron chi connectivity index (χ2n) is 4.62. The molecular formula is C12H15Br2N5. The van der Waals surface area contributed by atoms with Crippen molar-refractivity contribution < 1.29 is 0 Å². The van der Waals surface area contributed by atoms with E-state index in [0.717, 1.165) is 45.3 Å². The van der Waals surface area contributed by atoms with Crippen molar-refractivity contribution in [3.63, 3.8) is 0 Å². The van der Waals surface area contributed by atoms with Gasteiger partial charge in [-0.15, -0.1) is 0 Å². The molecular weight excluding hydrogens is 374 g/mol. The molecule has 0 unspecified atom stereocenters. The standard InChI is InChI=1S/C12H15Br2N5/c13-7-6-2-1-5-19-11(6)10(9(16)8(7)14)18-12(19)17-4-3-15/h1-5,15-16H2,(H,17,18). The maximum absolute atomic E-state index is 6.17. The number of imidazole rings is 1. The van der Waals surface area contributed by atoms with E-state index in [2.05, 4.69) is 46.7 Å². The molecule has 0 spiro atoms. The van der Waals surface area contributed by atoms with E-state index in [1.54, 1.807) is 0 Å². The molecule has 0 saturated carbocycles. The van der Waals surface area contributed by atoms with E-state index >= 15 is 0 Å². The zero-order chi connectivity index (χ0) is 13.6. The third-order valence-corrected chi connectivity index (χ3v) is 5.67. The van der Waals surface area contributed by atoms with Crippen LogP contribution in [0.2, 0.25) is 0 Å². The molecule has 19 heavy (non-hydrogen) atoms. The first-order chi connectivity index (χ1) is 9.15. The number of halogens is 2. The van der Waals surface area contributed by atoms with Gasteiger partial charge in [0.25, 0.3) is 0 Å². The van der Waals surface area contributed by atoms with Crippen LogP contribution in [0.1, 0.15) is 12.0 Å². The van der Waals surface area contributed by atoms with Crippen LogP contribution in [-0.2, 0) is 13.0 Å². The number of benzene rings is 1. The zero-order valence-electron chi connectivity index (χ0n) is 10.3. The maximum atomic E-state index is 6.17. The summed E-state index contributed by atoms with van der Waals surface area (Å²) in [6.07, 6.45) is 2.14. The minimum Gasteiger partial charge on any atom is -0.396 e. The Kier molecular flexibility index (Phi) is 3.44. The van der Waals surface area contributed by atoms with E-state index in [1.807, 2.05) is 0 Å². The molecule has 0 saturated heterocycles. The van der Waals surface area contributed by atoms with Crippen molar-refractivity contribution >= 4 is 54.5 Å². The number of anilines is 2. The van der Waals surface area contributed by atoms with E-state index in [-0.39, 0.29) is 0 Å². The van der Waals surface area contributed by atoms with E-state index in [4.69, 9.17) is 11.5 Å². The van der Waals surface area contributed by atoms with E-state index in [9.17, 15) is 0 Å². The van der Waals surface area contributed by atoms with Gasteiger partial charge in [0.1, 0.15) is 5.52 Å². The molecule has 2 heterocycles. The molecule has 102 valence electrons. The van der Waals surface area contributed by atoms with Gasteiger partial charge >= 0.3 is 0 Å². The quantitative estimate of drug-likeness (QED) is 0.705. The van der Waals surface area contributed by atoms with E-state index < -0.39 is 0 Å². The van der Waals surface area contributed by atoms with Gasteiger partial charge in [-0.05, 0) is 50.3 Å². The fourth-order valence-corrected chi connectivity index (χ4v) is 3.61. The summed E-state index contributed by atoms with van der Waals surface area (Å²) in [6.45, 7) is 2.25. The topological polar surface area (TPSA) is 81.9 Å². The Hall–Kier alpha value is -0.790. The highest BCUT2D eigenvalue weighted by molar-refractivity contribution is 9.13. The highest BCUT2D eigenvalue weighted by Crippen LogP contribution is 2.42. The highest BCUT2D eigenvalue weighted by Gasteiger charge is 2.24. The fraction of sp³-hybridized carbons (Fsp3) is 0.417. The van der Waals surface area contributed by atoms with Crippen LogP contribution in [0.3, 0.4) is 0 Å². The van der Waals surface area contributed by atoms with Gasteiger partial charge in [-0.3, -0.25) is 0 Å². The number of aryl methyl sites for hydroxylation is 2. The van der Waals surface area contributed by atoms with Gasteiger partial charge in [0.2, 0.25) is 5.95 Å². The van der Waals surface area contributed by atoms with Crippen molar-refractivity contribution in [2.45, 2.75) is 19.4 Å². The van der Waals surface area contributed by atoms with Crippen LogP contribution < -0.4 is 16.8 Å². The first-order valence-electron chi connectivity index (χ1n) is 6.24. The number of nitrogens with one attached hydrogen (secondary N) is 1. The second kappa shape index (κ2) is 4.96. The summed E-state index contributed by atoms with van der Waals surface area (Å²) < 4.78 is 4.15. The molecule has 1 aromatic heterocycles. The second-order valence-corrected chi connectivity index (χ2v) is 6.21. The molecule has 7 heteroatoms. The fourth-order valence-electron chi connectivity index (χ4n) is 2.58.